The molecule has 1 aromatic heterocycles. The third-order valence-electron chi connectivity index (χ3n) is 2.31. The molecule has 0 aliphatic heterocycles. The van der Waals surface area contributed by atoms with Gasteiger partial charge in [0.05, 0.1) is 19.8 Å². The molecule has 0 saturated heterocycles. The van der Waals surface area contributed by atoms with E-state index in [-0.39, 0.29) is 12.5 Å². The number of ether oxygens (including phenoxy) is 1. The number of amides is 1. The van der Waals surface area contributed by atoms with Gasteiger partial charge in [-0.15, -0.1) is 0 Å². The van der Waals surface area contributed by atoms with Crippen molar-refractivity contribution in [3.05, 3.63) is 12.7 Å². The fraction of sp³-hybridized carbons (Fsp3) is 0.700. The Morgan fingerprint density at radius 1 is 1.53 bits per heavy atom. The molecule has 0 bridgehead atoms. The van der Waals surface area contributed by atoms with E-state index >= 15 is 0 Å². The van der Waals surface area contributed by atoms with Crippen LogP contribution in [0, 0.1) is 0 Å². The monoisotopic (exact) mass is 242 g/mol. The molecular weight excluding hydrogens is 224 g/mol. The third kappa shape index (κ3) is 4.92. The van der Waals surface area contributed by atoms with Gasteiger partial charge in [-0.25, -0.2) is 4.98 Å². The van der Waals surface area contributed by atoms with Crippen molar-refractivity contribution in [3.63, 3.8) is 0 Å². The Balaban J connectivity index is 2.35. The number of hydrogen-bond acceptors (Lipinski definition) is 5. The van der Waals surface area contributed by atoms with E-state index in [1.165, 1.54) is 6.33 Å². The molecule has 1 N–H and O–H groups in total. The number of nitrogens with zero attached hydrogens (tertiary/aromatic N) is 4. The number of carbonyl (C=O) groups excluding carboxylic acids is 1. The maximum atomic E-state index is 11.8. The first-order valence-electron chi connectivity index (χ1n) is 5.48. The van der Waals surface area contributed by atoms with E-state index in [1.54, 1.807) is 23.0 Å². The van der Waals surface area contributed by atoms with Gasteiger partial charge in [0.1, 0.15) is 12.7 Å². The quantitative estimate of drug-likeness (QED) is 0.641. The number of aromatic nitrogens is 3. The number of rotatable bonds is 8. The van der Waals surface area contributed by atoms with Crippen molar-refractivity contribution in [2.24, 2.45) is 0 Å². The van der Waals surface area contributed by atoms with Crippen LogP contribution in [-0.2, 0) is 16.1 Å². The highest BCUT2D eigenvalue weighted by atomic mass is 16.5. The van der Waals surface area contributed by atoms with Crippen LogP contribution in [0.15, 0.2) is 12.7 Å². The molecule has 0 spiro atoms. The van der Waals surface area contributed by atoms with Gasteiger partial charge in [0.2, 0.25) is 5.91 Å². The Morgan fingerprint density at radius 2 is 2.35 bits per heavy atom. The van der Waals surface area contributed by atoms with Crippen LogP contribution in [0.5, 0.6) is 0 Å². The molecule has 0 aromatic carbocycles. The summed E-state index contributed by atoms with van der Waals surface area (Å²) in [6, 6.07) is 0. The Kier molecular flexibility index (Phi) is 6.19. The molecule has 0 aliphatic carbocycles. The number of hydrogen-bond donors (Lipinski definition) is 1. The molecule has 17 heavy (non-hydrogen) atoms. The zero-order valence-electron chi connectivity index (χ0n) is 9.95. The first-order valence-corrected chi connectivity index (χ1v) is 5.48. The molecule has 0 aliphatic rings. The van der Waals surface area contributed by atoms with Crippen molar-refractivity contribution in [1.29, 1.82) is 0 Å². The lowest BCUT2D eigenvalue weighted by Crippen LogP contribution is -2.36. The van der Waals surface area contributed by atoms with Gasteiger partial charge < -0.3 is 14.7 Å². The van der Waals surface area contributed by atoms with E-state index in [0.717, 1.165) is 0 Å². The molecule has 7 heteroatoms. The van der Waals surface area contributed by atoms with E-state index in [9.17, 15) is 4.79 Å². The second-order valence-corrected chi connectivity index (χ2v) is 3.51. The van der Waals surface area contributed by atoms with Gasteiger partial charge >= 0.3 is 0 Å². The van der Waals surface area contributed by atoms with Crippen LogP contribution in [0.4, 0.5) is 0 Å². The highest BCUT2D eigenvalue weighted by molar-refractivity contribution is 5.76. The van der Waals surface area contributed by atoms with Crippen LogP contribution >= 0.6 is 0 Å². The lowest BCUT2D eigenvalue weighted by Gasteiger charge is -2.21. The summed E-state index contributed by atoms with van der Waals surface area (Å²) in [7, 11) is 1.58. The fourth-order valence-corrected chi connectivity index (χ4v) is 1.40. The van der Waals surface area contributed by atoms with Crippen molar-refractivity contribution in [2.45, 2.75) is 13.0 Å². The summed E-state index contributed by atoms with van der Waals surface area (Å²) in [5.74, 6) is -0.0217. The normalized spacial score (nSPS) is 10.5. The predicted molar refractivity (Wildman–Crippen MR) is 60.2 cm³/mol. The molecule has 96 valence electrons. The highest BCUT2D eigenvalue weighted by Gasteiger charge is 2.12. The molecule has 1 amide bonds. The second kappa shape index (κ2) is 7.75. The van der Waals surface area contributed by atoms with Crippen LogP contribution < -0.4 is 0 Å². The molecular formula is C10H18N4O3. The summed E-state index contributed by atoms with van der Waals surface area (Å²) in [6.45, 7) is 1.74. The lowest BCUT2D eigenvalue weighted by molar-refractivity contribution is -0.132. The van der Waals surface area contributed by atoms with E-state index in [4.69, 9.17) is 9.84 Å². The van der Waals surface area contributed by atoms with E-state index < -0.39 is 0 Å². The van der Waals surface area contributed by atoms with Gasteiger partial charge in [-0.05, 0) is 0 Å². The van der Waals surface area contributed by atoms with Crippen molar-refractivity contribution >= 4 is 5.91 Å². The van der Waals surface area contributed by atoms with Crippen molar-refractivity contribution < 1.29 is 14.6 Å². The number of carbonyl (C=O) groups is 1. The molecule has 0 saturated carbocycles. The first-order chi connectivity index (χ1) is 8.27. The summed E-state index contributed by atoms with van der Waals surface area (Å²) >= 11 is 0. The van der Waals surface area contributed by atoms with Crippen molar-refractivity contribution in [3.8, 4) is 0 Å². The fourth-order valence-electron chi connectivity index (χ4n) is 1.40. The topological polar surface area (TPSA) is 80.5 Å². The number of aryl methyl sites for hydroxylation is 1. The van der Waals surface area contributed by atoms with Crippen LogP contribution in [-0.4, -0.2) is 64.1 Å². The predicted octanol–water partition coefficient (Wildman–Crippen LogP) is -0.864. The molecule has 1 aromatic rings. The Bertz CT molecular complexity index is 315. The van der Waals surface area contributed by atoms with Crippen LogP contribution in [0.3, 0.4) is 0 Å². The number of methoxy groups -OCH3 is 1. The van der Waals surface area contributed by atoms with Crippen LogP contribution in [0.1, 0.15) is 6.42 Å². The third-order valence-corrected chi connectivity index (χ3v) is 2.31. The van der Waals surface area contributed by atoms with E-state index in [1.807, 2.05) is 0 Å². The van der Waals surface area contributed by atoms with Gasteiger partial charge in [-0.2, -0.15) is 5.10 Å². The minimum atomic E-state index is -0.0429. The summed E-state index contributed by atoms with van der Waals surface area (Å²) in [4.78, 5) is 17.2. The molecule has 0 radical (unpaired) electrons. The maximum Gasteiger partial charge on any atom is 0.224 e. The summed E-state index contributed by atoms with van der Waals surface area (Å²) in [5, 5.41) is 12.8. The van der Waals surface area contributed by atoms with Gasteiger partial charge in [0.15, 0.2) is 0 Å². The Morgan fingerprint density at radius 3 is 2.94 bits per heavy atom. The van der Waals surface area contributed by atoms with E-state index in [0.29, 0.717) is 32.7 Å². The first kappa shape index (κ1) is 13.6. The van der Waals surface area contributed by atoms with Gasteiger partial charge in [0.25, 0.3) is 0 Å². The largest absolute Gasteiger partial charge is 0.395 e. The molecule has 0 fully saturated rings. The summed E-state index contributed by atoms with van der Waals surface area (Å²) < 4.78 is 6.52. The van der Waals surface area contributed by atoms with Gasteiger partial charge in [0, 0.05) is 26.6 Å². The number of aliphatic hydroxyl groups is 1. The van der Waals surface area contributed by atoms with E-state index in [2.05, 4.69) is 10.1 Å². The standard InChI is InChI=1S/C10H18N4O3/c1-17-7-5-13(4-6-15)10(16)2-3-14-9-11-8-12-14/h8-9,15H,2-7H2,1H3. The van der Waals surface area contributed by atoms with Gasteiger partial charge in [-0.1, -0.05) is 0 Å². The molecule has 0 atom stereocenters. The Hall–Kier alpha value is -1.47. The lowest BCUT2D eigenvalue weighted by atomic mass is 10.3. The molecule has 0 unspecified atom stereocenters. The summed E-state index contributed by atoms with van der Waals surface area (Å²) in [5.41, 5.74) is 0. The SMILES string of the molecule is COCCN(CCO)C(=O)CCn1cncn1. The van der Waals surface area contributed by atoms with Gasteiger partial charge in [-0.3, -0.25) is 9.48 Å². The summed E-state index contributed by atoms with van der Waals surface area (Å²) in [6.07, 6.45) is 3.34. The maximum absolute atomic E-state index is 11.8. The number of aliphatic hydroxyl groups excluding tert-OH is 1. The molecule has 1 rings (SSSR count). The second-order valence-electron chi connectivity index (χ2n) is 3.51. The van der Waals surface area contributed by atoms with Crippen LogP contribution in [0.2, 0.25) is 0 Å². The van der Waals surface area contributed by atoms with Crippen molar-refractivity contribution in [1.82, 2.24) is 19.7 Å². The average Bonchev–Trinajstić information content (AvgIpc) is 2.84. The Labute approximate surface area is 100 Å². The van der Waals surface area contributed by atoms with Crippen molar-refractivity contribution in [2.75, 3.05) is 33.4 Å². The molecule has 1 heterocycles. The zero-order chi connectivity index (χ0) is 12.5. The smallest absolute Gasteiger partial charge is 0.224 e. The molecule has 7 nitrogen and oxygen atoms in total. The zero-order valence-corrected chi connectivity index (χ0v) is 9.95. The minimum Gasteiger partial charge on any atom is -0.395 e. The van der Waals surface area contributed by atoms with Crippen LogP contribution in [0.25, 0.3) is 0 Å². The highest BCUT2D eigenvalue weighted by Crippen LogP contribution is 1.97. The minimum absolute atomic E-state index is 0.0217. The average molecular weight is 242 g/mol.